The number of nitrogens with zero attached hydrogens (tertiary/aromatic N) is 4. The summed E-state index contributed by atoms with van der Waals surface area (Å²) in [5.74, 6) is 3.23. The second kappa shape index (κ2) is 26.6. The molecule has 0 aliphatic carbocycles. The number of methoxy groups -OCH3 is 4. The standard InChI is InChI=1S/C32H40N4O4P.3I2.HI/c1-33(25-9-17-29(37-5)18-10-25)41(34(2)26-11-19-30(38-6)20-12-26,35(3)27-13-21-31(39-7)22-14-27)36(4)28-15-23-32(40-8)24-16-28;3*1-2;/h9-24H,1-8H3;;;;1H/q+1;;;;/p-1. The Labute approximate surface area is 374 Å². The summed E-state index contributed by atoms with van der Waals surface area (Å²) in [7, 11) is 12.7. The van der Waals surface area contributed by atoms with Gasteiger partial charge in [-0.3, -0.25) is 0 Å². The van der Waals surface area contributed by atoms with Crippen molar-refractivity contribution >= 4 is 142 Å². The van der Waals surface area contributed by atoms with E-state index in [1.807, 2.05) is 48.5 Å². The highest BCUT2D eigenvalue weighted by Crippen LogP contribution is 2.71. The zero-order valence-electron chi connectivity index (χ0n) is 27.8. The molecule has 0 N–H and O–H groups in total. The van der Waals surface area contributed by atoms with Crippen molar-refractivity contribution in [3.05, 3.63) is 97.1 Å². The molecule has 0 radical (unpaired) electrons. The normalized spacial score (nSPS) is 9.71. The van der Waals surface area contributed by atoms with Crippen molar-refractivity contribution in [2.75, 3.05) is 75.3 Å². The molecular formula is C32H40I7N4O4P. The number of halogens is 7. The van der Waals surface area contributed by atoms with Gasteiger partial charge in [-0.05, 0) is 97.1 Å². The molecule has 4 aromatic carbocycles. The third-order valence-corrected chi connectivity index (χ3v) is 11.5. The summed E-state index contributed by atoms with van der Waals surface area (Å²) in [5, 5.41) is 0. The molecule has 0 saturated heterocycles. The number of benzene rings is 4. The van der Waals surface area contributed by atoms with Crippen LogP contribution >= 0.6 is 120 Å². The van der Waals surface area contributed by atoms with Crippen molar-refractivity contribution in [1.82, 2.24) is 0 Å². The molecule has 0 unspecified atom stereocenters. The average Bonchev–Trinajstić information content (AvgIpc) is 3.17. The molecule has 0 amide bonds. The van der Waals surface area contributed by atoms with Crippen LogP contribution in [-0.4, -0.2) is 56.6 Å². The minimum atomic E-state index is -2.67. The Morgan fingerprint density at radius 2 is 0.500 bits per heavy atom. The lowest BCUT2D eigenvalue weighted by atomic mass is 10.3. The van der Waals surface area contributed by atoms with E-state index in [1.165, 1.54) is 0 Å². The van der Waals surface area contributed by atoms with Crippen LogP contribution in [0.2, 0.25) is 0 Å². The Hall–Kier alpha value is 0.820. The maximum absolute atomic E-state index is 5.47. The summed E-state index contributed by atoms with van der Waals surface area (Å²) < 4.78 is 31.4. The summed E-state index contributed by atoms with van der Waals surface area (Å²) in [4.78, 5) is 0. The maximum Gasteiger partial charge on any atom is 0.404 e. The number of rotatable bonds is 12. The first-order valence-electron chi connectivity index (χ1n) is 13.6. The molecule has 266 valence electrons. The van der Waals surface area contributed by atoms with Crippen LogP contribution in [0.5, 0.6) is 23.0 Å². The minimum absolute atomic E-state index is 0. The van der Waals surface area contributed by atoms with E-state index in [-0.39, 0.29) is 24.0 Å². The van der Waals surface area contributed by atoms with Crippen LogP contribution in [0.3, 0.4) is 0 Å². The Kier molecular flexibility index (Phi) is 27.0. The highest BCUT2D eigenvalue weighted by molar-refractivity contribution is 15.0. The summed E-state index contributed by atoms with van der Waals surface area (Å²) in [6, 6.07) is 32.7. The number of anilines is 4. The minimum Gasteiger partial charge on any atom is -1.00 e. The molecular weight excluding hydrogens is 1420 g/mol. The lowest BCUT2D eigenvalue weighted by molar-refractivity contribution is -0.00000991. The van der Waals surface area contributed by atoms with Crippen molar-refractivity contribution in [1.29, 1.82) is 0 Å². The monoisotopic (exact) mass is 1460 g/mol. The molecule has 48 heavy (non-hydrogen) atoms. The van der Waals surface area contributed by atoms with Crippen molar-refractivity contribution in [2.24, 2.45) is 0 Å². The predicted octanol–water partition coefficient (Wildman–Crippen LogP) is 9.56. The largest absolute Gasteiger partial charge is 1.00 e. The fraction of sp³-hybridized carbons (Fsp3) is 0.250. The second-order valence-corrected chi connectivity index (χ2v) is 12.9. The van der Waals surface area contributed by atoms with Gasteiger partial charge < -0.3 is 42.9 Å². The first-order chi connectivity index (χ1) is 22.8. The molecule has 0 aromatic heterocycles. The molecule has 4 aromatic rings. The van der Waals surface area contributed by atoms with E-state index < -0.39 is 7.87 Å². The molecule has 0 aliphatic rings. The summed E-state index contributed by atoms with van der Waals surface area (Å²) in [6.45, 7) is 0. The van der Waals surface area contributed by atoms with Crippen LogP contribution < -0.4 is 61.6 Å². The van der Waals surface area contributed by atoms with Gasteiger partial charge in [-0.2, -0.15) is 18.7 Å². The van der Waals surface area contributed by atoms with Crippen LogP contribution in [0, 0.1) is 0 Å². The van der Waals surface area contributed by atoms with Gasteiger partial charge in [0, 0.05) is 140 Å². The SMILES string of the molecule is COc1ccc(N(C)[P+](N(C)c2ccc(OC)cc2)(N(C)c2ccc(OC)cc2)N(C)c2ccc(OC)cc2)cc1.II.II.II.[I-]. The van der Waals surface area contributed by atoms with Gasteiger partial charge in [0.25, 0.3) is 0 Å². The summed E-state index contributed by atoms with van der Waals surface area (Å²) in [6.07, 6.45) is 0. The molecule has 0 heterocycles. The van der Waals surface area contributed by atoms with Crippen LogP contribution in [0.1, 0.15) is 0 Å². The third kappa shape index (κ3) is 12.5. The fourth-order valence-electron chi connectivity index (χ4n) is 5.02. The van der Waals surface area contributed by atoms with Gasteiger partial charge in [-0.1, -0.05) is 0 Å². The van der Waals surface area contributed by atoms with Gasteiger partial charge in [0.2, 0.25) is 0 Å². The topological polar surface area (TPSA) is 49.9 Å². The van der Waals surface area contributed by atoms with Gasteiger partial charge in [-0.15, -0.1) is 0 Å². The van der Waals surface area contributed by atoms with E-state index in [9.17, 15) is 0 Å². The maximum atomic E-state index is 5.47. The zero-order valence-corrected chi connectivity index (χ0v) is 43.7. The zero-order chi connectivity index (χ0) is 35.6. The van der Waals surface area contributed by atoms with Crippen LogP contribution in [0.15, 0.2) is 97.1 Å². The van der Waals surface area contributed by atoms with Crippen LogP contribution in [0.4, 0.5) is 22.7 Å². The van der Waals surface area contributed by atoms with Crippen molar-refractivity contribution in [2.45, 2.75) is 0 Å². The van der Waals surface area contributed by atoms with Crippen LogP contribution in [-0.2, 0) is 0 Å². The van der Waals surface area contributed by atoms with Gasteiger partial charge in [0.1, 0.15) is 23.0 Å². The third-order valence-electron chi connectivity index (χ3n) is 7.39. The summed E-state index contributed by atoms with van der Waals surface area (Å²) >= 11 is 12.7. The highest BCUT2D eigenvalue weighted by Gasteiger charge is 2.59. The number of hydrogen-bond donors (Lipinski definition) is 0. The average molecular weight is 1460 g/mol. The van der Waals surface area contributed by atoms with E-state index >= 15 is 0 Å². The highest BCUT2D eigenvalue weighted by atomic mass is 128. The van der Waals surface area contributed by atoms with Crippen molar-refractivity contribution in [3.63, 3.8) is 0 Å². The number of ether oxygens (including phenoxy) is 4. The van der Waals surface area contributed by atoms with E-state index in [2.05, 4.69) is 207 Å². The lowest BCUT2D eigenvalue weighted by Crippen LogP contribution is -3.00. The molecule has 0 aliphatic heterocycles. The van der Waals surface area contributed by atoms with Gasteiger partial charge in [0.05, 0.1) is 51.2 Å². The quantitative estimate of drug-likeness (QED) is 0.103. The molecule has 16 heteroatoms. The van der Waals surface area contributed by atoms with Crippen molar-refractivity contribution in [3.8, 4) is 23.0 Å². The summed E-state index contributed by atoms with van der Waals surface area (Å²) in [5.41, 5.74) is 4.17. The lowest BCUT2D eigenvalue weighted by Gasteiger charge is -2.49. The Bertz CT molecular complexity index is 1190. The van der Waals surface area contributed by atoms with E-state index in [4.69, 9.17) is 18.9 Å². The number of hydrogen-bond acceptors (Lipinski definition) is 8. The fourth-order valence-corrected chi connectivity index (χ4v) is 9.21. The first kappa shape index (κ1) is 48.8. The van der Waals surface area contributed by atoms with Crippen molar-refractivity contribution < 1.29 is 42.9 Å². The Balaban J connectivity index is 0.00000298. The van der Waals surface area contributed by atoms with E-state index in [1.54, 1.807) is 28.4 Å². The Morgan fingerprint density at radius 1 is 0.354 bits per heavy atom. The molecule has 0 atom stereocenters. The van der Waals surface area contributed by atoms with Gasteiger partial charge in [-0.25, -0.2) is 0 Å². The Morgan fingerprint density at radius 3 is 0.625 bits per heavy atom. The molecule has 0 spiro atoms. The van der Waals surface area contributed by atoms with Gasteiger partial charge >= 0.3 is 7.87 Å². The first-order valence-corrected chi connectivity index (χ1v) is 34.1. The molecule has 8 nitrogen and oxygen atoms in total. The molecule has 0 saturated carbocycles. The van der Waals surface area contributed by atoms with Crippen LogP contribution in [0.25, 0.3) is 0 Å². The molecule has 4 rings (SSSR count). The molecule has 0 bridgehead atoms. The predicted molar refractivity (Wildman–Crippen MR) is 257 cm³/mol. The van der Waals surface area contributed by atoms with Gasteiger partial charge in [0.15, 0.2) is 0 Å². The smallest absolute Gasteiger partial charge is 0.404 e. The molecule has 0 fully saturated rings. The second-order valence-electron chi connectivity index (χ2n) is 9.42. The van der Waals surface area contributed by atoms with E-state index in [0.29, 0.717) is 0 Å². The van der Waals surface area contributed by atoms with E-state index in [0.717, 1.165) is 45.7 Å².